The quantitative estimate of drug-likeness (QED) is 0.182. The van der Waals surface area contributed by atoms with E-state index in [4.69, 9.17) is 23.7 Å². The lowest BCUT2D eigenvalue weighted by atomic mass is 9.96. The third kappa shape index (κ3) is 4.94. The van der Waals surface area contributed by atoms with Crippen LogP contribution in [0.25, 0.3) is 0 Å². The lowest BCUT2D eigenvalue weighted by Crippen LogP contribution is -2.66. The average molecular weight is 472 g/mol. The Balaban J connectivity index is 1.79. The maximum Gasteiger partial charge on any atom is 0.187 e. The van der Waals surface area contributed by atoms with Crippen LogP contribution in [0.3, 0.4) is 0 Å². The van der Waals surface area contributed by atoms with E-state index in [1.54, 1.807) is 0 Å². The van der Waals surface area contributed by atoms with E-state index in [-0.39, 0.29) is 0 Å². The van der Waals surface area contributed by atoms with Gasteiger partial charge in [-0.25, -0.2) is 0 Å². The lowest BCUT2D eigenvalue weighted by Gasteiger charge is -2.47. The zero-order valence-corrected chi connectivity index (χ0v) is 17.4. The molecule has 0 aromatic carbocycles. The first-order valence-corrected chi connectivity index (χ1v) is 10.3. The summed E-state index contributed by atoms with van der Waals surface area (Å²) in [5, 5.41) is 90.4. The summed E-state index contributed by atoms with van der Waals surface area (Å²) in [6.45, 7) is 2.14. The van der Waals surface area contributed by atoms with Gasteiger partial charge in [0.15, 0.2) is 18.9 Å². The van der Waals surface area contributed by atoms with Crippen LogP contribution in [0.1, 0.15) is 13.8 Å². The Bertz CT molecular complexity index is 608. The molecule has 3 fully saturated rings. The van der Waals surface area contributed by atoms with Gasteiger partial charge in [-0.1, -0.05) is 0 Å². The summed E-state index contributed by atoms with van der Waals surface area (Å²) in [5.74, 6) is 0. The van der Waals surface area contributed by atoms with Crippen molar-refractivity contribution in [2.45, 2.75) is 106 Å². The fraction of sp³-hybridized carbons (Fsp3) is 1.00. The largest absolute Gasteiger partial charge is 0.394 e. The molecule has 3 saturated heterocycles. The molecule has 0 aromatic heterocycles. The fourth-order valence-corrected chi connectivity index (χ4v) is 3.92. The molecule has 32 heavy (non-hydrogen) atoms. The number of hydrogen-bond donors (Lipinski definition) is 9. The zero-order chi connectivity index (χ0) is 23.9. The van der Waals surface area contributed by atoms with Crippen molar-refractivity contribution >= 4 is 0 Å². The monoisotopic (exact) mass is 472 g/mol. The molecule has 188 valence electrons. The van der Waals surface area contributed by atoms with Gasteiger partial charge in [0.05, 0.1) is 18.8 Å². The summed E-state index contributed by atoms with van der Waals surface area (Å²) >= 11 is 0. The van der Waals surface area contributed by atoms with Gasteiger partial charge in [-0.15, -0.1) is 0 Å². The van der Waals surface area contributed by atoms with Crippen molar-refractivity contribution < 1.29 is 69.6 Å². The van der Waals surface area contributed by atoms with Gasteiger partial charge in [0.25, 0.3) is 0 Å². The third-order valence-corrected chi connectivity index (χ3v) is 6.02. The number of aliphatic hydroxyl groups excluding tert-OH is 9. The van der Waals surface area contributed by atoms with Gasteiger partial charge in [0.1, 0.15) is 61.0 Å². The molecule has 3 rings (SSSR count). The van der Waals surface area contributed by atoms with Crippen LogP contribution in [0.4, 0.5) is 0 Å². The van der Waals surface area contributed by atoms with Crippen molar-refractivity contribution in [2.24, 2.45) is 0 Å². The Kier molecular flexibility index (Phi) is 8.44. The maximum atomic E-state index is 10.6. The van der Waals surface area contributed by atoms with Crippen LogP contribution in [0.2, 0.25) is 0 Å². The van der Waals surface area contributed by atoms with Crippen LogP contribution in [-0.4, -0.2) is 145 Å². The van der Waals surface area contributed by atoms with Crippen LogP contribution in [0.5, 0.6) is 0 Å². The SMILES string of the molecule is C[C@@H]1O[C@@H](O[C@@H]2[C@@H](O)[C@H](C)OC(O)[C@@H]2O[C@@H]2O[C@H](CO)[C@@H](O)[C@H](O)[C@H]2O)[C@H](O)[C@H](O)[C@H]1O. The highest BCUT2D eigenvalue weighted by Gasteiger charge is 2.52. The molecule has 0 saturated carbocycles. The van der Waals surface area contributed by atoms with E-state index < -0.39 is 98.7 Å². The van der Waals surface area contributed by atoms with E-state index in [1.165, 1.54) is 13.8 Å². The predicted molar refractivity (Wildman–Crippen MR) is 98.4 cm³/mol. The summed E-state index contributed by atoms with van der Waals surface area (Å²) < 4.78 is 27.0. The van der Waals surface area contributed by atoms with Crippen molar-refractivity contribution in [3.05, 3.63) is 0 Å². The molecule has 3 aliphatic rings. The molecule has 3 aliphatic heterocycles. The molecule has 0 radical (unpaired) electrons. The van der Waals surface area contributed by atoms with Gasteiger partial charge < -0.3 is 69.6 Å². The molecule has 14 nitrogen and oxygen atoms in total. The van der Waals surface area contributed by atoms with Crippen LogP contribution >= 0.6 is 0 Å². The van der Waals surface area contributed by atoms with Gasteiger partial charge in [-0.3, -0.25) is 0 Å². The van der Waals surface area contributed by atoms with Crippen molar-refractivity contribution in [2.75, 3.05) is 6.61 Å². The normalized spacial score (nSPS) is 55.0. The second-order valence-electron chi connectivity index (χ2n) is 8.30. The fourth-order valence-electron chi connectivity index (χ4n) is 3.92. The molecule has 0 amide bonds. The highest BCUT2D eigenvalue weighted by molar-refractivity contribution is 4.95. The molecular weight excluding hydrogens is 440 g/mol. The molecule has 14 heteroatoms. The Morgan fingerprint density at radius 3 is 1.66 bits per heavy atom. The molecule has 0 bridgehead atoms. The highest BCUT2D eigenvalue weighted by atomic mass is 16.8. The van der Waals surface area contributed by atoms with E-state index in [1.807, 2.05) is 0 Å². The topological polar surface area (TPSA) is 228 Å². The first-order valence-electron chi connectivity index (χ1n) is 10.3. The lowest BCUT2D eigenvalue weighted by molar-refractivity contribution is -0.384. The minimum absolute atomic E-state index is 0.714. The molecule has 1 unspecified atom stereocenters. The van der Waals surface area contributed by atoms with E-state index in [0.717, 1.165) is 0 Å². The van der Waals surface area contributed by atoms with Gasteiger partial charge in [0.2, 0.25) is 0 Å². The summed E-state index contributed by atoms with van der Waals surface area (Å²) in [6, 6.07) is 0. The van der Waals surface area contributed by atoms with Crippen LogP contribution in [0, 0.1) is 0 Å². The van der Waals surface area contributed by atoms with Crippen molar-refractivity contribution in [1.82, 2.24) is 0 Å². The second kappa shape index (κ2) is 10.4. The Morgan fingerprint density at radius 1 is 0.562 bits per heavy atom. The molecule has 15 atom stereocenters. The highest BCUT2D eigenvalue weighted by Crippen LogP contribution is 2.32. The maximum absolute atomic E-state index is 10.6. The minimum atomic E-state index is -1.80. The first kappa shape index (κ1) is 26.1. The minimum Gasteiger partial charge on any atom is -0.394 e. The summed E-state index contributed by atoms with van der Waals surface area (Å²) in [7, 11) is 0. The second-order valence-corrected chi connectivity index (χ2v) is 8.30. The number of aliphatic hydroxyl groups is 9. The van der Waals surface area contributed by atoms with Gasteiger partial charge in [0, 0.05) is 0 Å². The van der Waals surface area contributed by atoms with Crippen LogP contribution in [-0.2, 0) is 23.7 Å². The Hall–Kier alpha value is -0.560. The number of hydrogen-bond acceptors (Lipinski definition) is 14. The summed E-state index contributed by atoms with van der Waals surface area (Å²) in [6.07, 6.45) is -22.6. The van der Waals surface area contributed by atoms with E-state index >= 15 is 0 Å². The van der Waals surface area contributed by atoms with Crippen molar-refractivity contribution in [1.29, 1.82) is 0 Å². The van der Waals surface area contributed by atoms with Gasteiger partial charge >= 0.3 is 0 Å². The molecule has 9 N–H and O–H groups in total. The molecule has 0 aromatic rings. The number of ether oxygens (including phenoxy) is 5. The van der Waals surface area contributed by atoms with Crippen LogP contribution < -0.4 is 0 Å². The Morgan fingerprint density at radius 2 is 1.06 bits per heavy atom. The Labute approximate surface area is 183 Å². The van der Waals surface area contributed by atoms with E-state index in [0.29, 0.717) is 0 Å². The van der Waals surface area contributed by atoms with Crippen molar-refractivity contribution in [3.63, 3.8) is 0 Å². The zero-order valence-electron chi connectivity index (χ0n) is 17.4. The molecule has 0 spiro atoms. The smallest absolute Gasteiger partial charge is 0.187 e. The van der Waals surface area contributed by atoms with E-state index in [2.05, 4.69) is 0 Å². The van der Waals surface area contributed by atoms with Crippen LogP contribution in [0.15, 0.2) is 0 Å². The summed E-state index contributed by atoms with van der Waals surface area (Å²) in [4.78, 5) is 0. The standard InChI is InChI=1S/C18H32O14/c1-4-7(20)10(23)12(25)17(29-4)31-14-8(21)5(2)28-16(27)15(14)32-18-13(26)11(24)9(22)6(3-19)30-18/h4-27H,3H2,1-2H3/t4-,5-,6+,7-,8-,9+,10+,11-,12+,13+,14+,15+,16?,17-,18-/m0/s1. The van der Waals surface area contributed by atoms with Gasteiger partial charge in [-0.05, 0) is 13.8 Å². The molecule has 3 heterocycles. The molecular formula is C18H32O14. The number of rotatable bonds is 5. The van der Waals surface area contributed by atoms with Crippen molar-refractivity contribution in [3.8, 4) is 0 Å². The van der Waals surface area contributed by atoms with Gasteiger partial charge in [-0.2, -0.15) is 0 Å². The average Bonchev–Trinajstić information content (AvgIpc) is 2.76. The third-order valence-electron chi connectivity index (χ3n) is 6.02. The molecule has 0 aliphatic carbocycles. The van der Waals surface area contributed by atoms with E-state index in [9.17, 15) is 46.0 Å². The summed E-state index contributed by atoms with van der Waals surface area (Å²) in [5.41, 5.74) is 0. The predicted octanol–water partition coefficient (Wildman–Crippen LogP) is -5.52. The first-order chi connectivity index (χ1) is 15.0.